The van der Waals surface area contributed by atoms with Gasteiger partial charge >= 0.3 is 5.69 Å². The van der Waals surface area contributed by atoms with Gasteiger partial charge in [0.1, 0.15) is 42.7 Å². The maximum atomic E-state index is 13.4. The molecule has 0 spiro atoms. The molecule has 232 valence electrons. The van der Waals surface area contributed by atoms with Crippen molar-refractivity contribution in [2.45, 2.75) is 67.8 Å². The summed E-state index contributed by atoms with van der Waals surface area (Å²) in [5.74, 6) is -1.32. The summed E-state index contributed by atoms with van der Waals surface area (Å²) in [6.45, 7) is -0.857. The van der Waals surface area contributed by atoms with Gasteiger partial charge in [0, 0.05) is 42.3 Å². The number of hydrogen-bond acceptors (Lipinski definition) is 11. The molecular formula is C27H33N5O11. The molecule has 4 heterocycles. The Kier molecular flexibility index (Phi) is 9.07. The van der Waals surface area contributed by atoms with Crippen LogP contribution in [0.25, 0.3) is 10.9 Å². The predicted octanol–water partition coefficient (Wildman–Crippen LogP) is -3.65. The van der Waals surface area contributed by atoms with Gasteiger partial charge in [-0.1, -0.05) is 18.2 Å². The Labute approximate surface area is 242 Å². The van der Waals surface area contributed by atoms with Crippen molar-refractivity contribution in [2.75, 3.05) is 13.2 Å². The summed E-state index contributed by atoms with van der Waals surface area (Å²) in [4.78, 5) is 55.1. The molecule has 2 amide bonds. The molecule has 16 nitrogen and oxygen atoms in total. The first-order chi connectivity index (χ1) is 20.6. The number of ether oxygens (including phenoxy) is 2. The molecule has 3 aromatic rings. The van der Waals surface area contributed by atoms with Crippen molar-refractivity contribution in [1.29, 1.82) is 0 Å². The maximum absolute atomic E-state index is 13.4. The molecular weight excluding hydrogens is 570 g/mol. The minimum atomic E-state index is -1.55. The summed E-state index contributed by atoms with van der Waals surface area (Å²) < 4.78 is 11.9. The molecule has 0 bridgehead atoms. The Morgan fingerprint density at radius 2 is 1.67 bits per heavy atom. The zero-order valence-electron chi connectivity index (χ0n) is 22.7. The fraction of sp³-hybridized carbons (Fsp3) is 0.481. The van der Waals surface area contributed by atoms with Crippen LogP contribution in [0.1, 0.15) is 18.2 Å². The number of aromatic amines is 2. The largest absolute Gasteiger partial charge is 0.394 e. The Balaban J connectivity index is 1.28. The Hall–Kier alpha value is -3.90. The lowest BCUT2D eigenvalue weighted by atomic mass is 10.0. The van der Waals surface area contributed by atoms with E-state index in [4.69, 9.17) is 9.47 Å². The van der Waals surface area contributed by atoms with E-state index in [9.17, 15) is 44.7 Å². The monoisotopic (exact) mass is 603 g/mol. The van der Waals surface area contributed by atoms with E-state index in [1.165, 1.54) is 0 Å². The van der Waals surface area contributed by atoms with E-state index < -0.39 is 91.1 Å². The number of aromatic nitrogens is 3. The van der Waals surface area contributed by atoms with Crippen molar-refractivity contribution in [1.82, 2.24) is 25.2 Å². The zero-order chi connectivity index (χ0) is 30.8. The highest BCUT2D eigenvalue weighted by atomic mass is 16.6. The van der Waals surface area contributed by atoms with Crippen LogP contribution in [-0.4, -0.2) is 114 Å². The van der Waals surface area contributed by atoms with Gasteiger partial charge in [0.15, 0.2) is 6.23 Å². The second-order valence-electron chi connectivity index (χ2n) is 10.6. The summed E-state index contributed by atoms with van der Waals surface area (Å²) in [7, 11) is 0. The lowest BCUT2D eigenvalue weighted by Gasteiger charge is -2.22. The number of nitrogens with one attached hydrogen (secondary N) is 4. The number of aliphatic hydroxyl groups excluding tert-OH is 5. The maximum Gasteiger partial charge on any atom is 0.330 e. The number of carbonyl (C=O) groups is 2. The third-order valence-electron chi connectivity index (χ3n) is 7.72. The topological polar surface area (TPSA) is 248 Å². The summed E-state index contributed by atoms with van der Waals surface area (Å²) in [6.07, 6.45) is -8.04. The fourth-order valence-electron chi connectivity index (χ4n) is 5.39. The van der Waals surface area contributed by atoms with Crippen LogP contribution in [0.2, 0.25) is 0 Å². The Bertz CT molecular complexity index is 1570. The number of para-hydroxylation sites is 1. The lowest BCUT2D eigenvalue weighted by molar-refractivity contribution is -0.131. The molecule has 9 N–H and O–H groups in total. The highest BCUT2D eigenvalue weighted by Gasteiger charge is 2.45. The molecule has 2 aliphatic rings. The standard InChI is InChI=1S/C27H33N5O11/c33-11-18-23(38)21(36)16(42-18)8-20(35)30-15(7-12-9-28-14-4-2-1-3-13(12)14)25(40)29-10-17-22(37)24(39)26(43-17)32-6-5-19(34)31-27(32)41/h1-6,9,15-18,21-24,26,28,33,36-39H,7-8,10-11H2,(H,29,40)(H,30,35)(H,31,34,41)/t15-,16+,17+,18-,21-,22+,23-,24+,26+/m0/s1. The highest BCUT2D eigenvalue weighted by molar-refractivity contribution is 5.89. The van der Waals surface area contributed by atoms with E-state index in [-0.39, 0.29) is 13.0 Å². The number of rotatable bonds is 10. The summed E-state index contributed by atoms with van der Waals surface area (Å²) in [5.41, 5.74) is 0.0208. The predicted molar refractivity (Wildman–Crippen MR) is 147 cm³/mol. The summed E-state index contributed by atoms with van der Waals surface area (Å²) >= 11 is 0. The van der Waals surface area contributed by atoms with Crippen molar-refractivity contribution in [3.05, 3.63) is 69.1 Å². The van der Waals surface area contributed by atoms with Gasteiger partial charge in [-0.15, -0.1) is 0 Å². The Morgan fingerprint density at radius 3 is 2.40 bits per heavy atom. The van der Waals surface area contributed by atoms with Gasteiger partial charge in [-0.3, -0.25) is 23.9 Å². The van der Waals surface area contributed by atoms with Crippen LogP contribution >= 0.6 is 0 Å². The van der Waals surface area contributed by atoms with Crippen molar-refractivity contribution >= 4 is 22.7 Å². The SMILES string of the molecule is O=C(C[C@H]1O[C@@H](CO)[C@H](O)[C@H]1O)N[C@@H](Cc1c[nH]c2ccccc12)C(=O)NC[C@H]1O[C@@H](n2ccc(=O)[nH]c2=O)[C@H](O)[C@@H]1O. The van der Waals surface area contributed by atoms with Gasteiger partial charge in [-0.05, 0) is 11.6 Å². The number of H-pyrrole nitrogens is 2. The zero-order valence-corrected chi connectivity index (χ0v) is 22.7. The number of amides is 2. The molecule has 0 unspecified atom stereocenters. The van der Waals surface area contributed by atoms with Gasteiger partial charge in [0.25, 0.3) is 5.56 Å². The van der Waals surface area contributed by atoms with Crippen LogP contribution in [0, 0.1) is 0 Å². The van der Waals surface area contributed by atoms with E-state index in [1.54, 1.807) is 6.20 Å². The van der Waals surface area contributed by atoms with Crippen LogP contribution in [0.4, 0.5) is 0 Å². The third kappa shape index (κ3) is 6.40. The number of hydrogen-bond donors (Lipinski definition) is 9. The van der Waals surface area contributed by atoms with Crippen LogP contribution in [0.5, 0.6) is 0 Å². The number of nitrogens with zero attached hydrogens (tertiary/aromatic N) is 1. The molecule has 0 aliphatic carbocycles. The number of aliphatic hydroxyl groups is 5. The van der Waals surface area contributed by atoms with Gasteiger partial charge in [0.2, 0.25) is 11.8 Å². The van der Waals surface area contributed by atoms with Gasteiger partial charge in [-0.25, -0.2) is 4.79 Å². The van der Waals surface area contributed by atoms with Gasteiger partial charge in [-0.2, -0.15) is 0 Å². The van der Waals surface area contributed by atoms with Crippen LogP contribution in [0.15, 0.2) is 52.3 Å². The molecule has 2 fully saturated rings. The van der Waals surface area contributed by atoms with Crippen LogP contribution < -0.4 is 21.9 Å². The van der Waals surface area contributed by atoms with Crippen molar-refractivity contribution < 1.29 is 44.6 Å². The molecule has 0 radical (unpaired) electrons. The molecule has 2 aromatic heterocycles. The first kappa shape index (κ1) is 30.6. The summed E-state index contributed by atoms with van der Waals surface area (Å²) in [5, 5.41) is 56.6. The van der Waals surface area contributed by atoms with Gasteiger partial charge < -0.3 is 50.6 Å². The normalized spacial score (nSPS) is 29.5. The number of fused-ring (bicyclic) bond motifs is 1. The molecule has 16 heteroatoms. The first-order valence-corrected chi connectivity index (χ1v) is 13.6. The summed E-state index contributed by atoms with van der Waals surface area (Å²) in [6, 6.07) is 7.26. The van der Waals surface area contributed by atoms with Crippen LogP contribution in [-0.2, 0) is 25.5 Å². The molecule has 9 atom stereocenters. The second-order valence-corrected chi connectivity index (χ2v) is 10.6. The Morgan fingerprint density at radius 1 is 0.953 bits per heavy atom. The first-order valence-electron chi connectivity index (χ1n) is 13.6. The van der Waals surface area contributed by atoms with E-state index >= 15 is 0 Å². The fourth-order valence-corrected chi connectivity index (χ4v) is 5.39. The number of carbonyl (C=O) groups excluding carboxylic acids is 2. The van der Waals surface area contributed by atoms with E-state index in [1.807, 2.05) is 29.2 Å². The second kappa shape index (κ2) is 12.8. The number of benzene rings is 1. The smallest absolute Gasteiger partial charge is 0.330 e. The van der Waals surface area contributed by atoms with E-state index in [2.05, 4.69) is 15.6 Å². The van der Waals surface area contributed by atoms with E-state index in [0.717, 1.165) is 27.7 Å². The van der Waals surface area contributed by atoms with Crippen molar-refractivity contribution in [3.63, 3.8) is 0 Å². The van der Waals surface area contributed by atoms with Crippen molar-refractivity contribution in [2.24, 2.45) is 0 Å². The average Bonchev–Trinajstić information content (AvgIpc) is 3.61. The average molecular weight is 604 g/mol. The van der Waals surface area contributed by atoms with Crippen LogP contribution in [0.3, 0.4) is 0 Å². The molecule has 43 heavy (non-hydrogen) atoms. The highest BCUT2D eigenvalue weighted by Crippen LogP contribution is 2.28. The molecule has 0 saturated carbocycles. The van der Waals surface area contributed by atoms with Crippen molar-refractivity contribution in [3.8, 4) is 0 Å². The minimum absolute atomic E-state index is 0.0453. The minimum Gasteiger partial charge on any atom is -0.394 e. The molecule has 5 rings (SSSR count). The van der Waals surface area contributed by atoms with Gasteiger partial charge in [0.05, 0.1) is 19.1 Å². The quantitative estimate of drug-likeness (QED) is 0.109. The molecule has 2 saturated heterocycles. The van der Waals surface area contributed by atoms with E-state index in [0.29, 0.717) is 5.56 Å². The molecule has 1 aromatic carbocycles. The lowest BCUT2D eigenvalue weighted by Crippen LogP contribution is -2.51. The molecule has 2 aliphatic heterocycles. The third-order valence-corrected chi connectivity index (χ3v) is 7.72.